The summed E-state index contributed by atoms with van der Waals surface area (Å²) in [6.07, 6.45) is 2.19. The molecular weight excluding hydrogens is 452 g/mol. The molecule has 0 radical (unpaired) electrons. The lowest BCUT2D eigenvalue weighted by Gasteiger charge is -2.29. The number of nitrogens with one attached hydrogen (secondary N) is 3. The number of hydrogen-bond donors (Lipinski definition) is 6. The highest BCUT2D eigenvalue weighted by Crippen LogP contribution is 2.12. The summed E-state index contributed by atoms with van der Waals surface area (Å²) in [5.74, 6) is -4.32. The monoisotopic (exact) mass is 490 g/mol. The number of nitrogens with two attached hydrogens (primary N) is 1. The molecule has 0 aliphatic carbocycles. The molecule has 0 rings (SSSR count). The van der Waals surface area contributed by atoms with Gasteiger partial charge in [0.1, 0.15) is 18.1 Å². The van der Waals surface area contributed by atoms with Crippen LogP contribution in [0.5, 0.6) is 0 Å². The van der Waals surface area contributed by atoms with Gasteiger partial charge >= 0.3 is 11.9 Å². The molecule has 0 aromatic rings. The molecule has 0 saturated heterocycles. The first-order chi connectivity index (χ1) is 15.3. The van der Waals surface area contributed by atoms with Crippen LogP contribution in [-0.4, -0.2) is 76.0 Å². The lowest BCUT2D eigenvalue weighted by atomic mass is 9.96. The van der Waals surface area contributed by atoms with E-state index in [1.165, 1.54) is 0 Å². The molecule has 0 aromatic heterocycles. The molecule has 5 unspecified atom stereocenters. The predicted molar refractivity (Wildman–Crippen MR) is 126 cm³/mol. The zero-order valence-electron chi connectivity index (χ0n) is 19.9. The lowest BCUT2D eigenvalue weighted by molar-refractivity contribution is -0.143. The number of carboxylic acids is 2. The van der Waals surface area contributed by atoms with Crippen LogP contribution >= 0.6 is 11.8 Å². The van der Waals surface area contributed by atoms with Gasteiger partial charge in [0.25, 0.3) is 0 Å². The lowest BCUT2D eigenvalue weighted by Crippen LogP contribution is -2.59. The van der Waals surface area contributed by atoms with Crippen LogP contribution in [-0.2, 0) is 24.0 Å². The van der Waals surface area contributed by atoms with Gasteiger partial charge in [-0.05, 0) is 36.7 Å². The average molecular weight is 491 g/mol. The Balaban J connectivity index is 5.42. The summed E-state index contributed by atoms with van der Waals surface area (Å²) >= 11 is 1.55. The molecule has 0 aliphatic heterocycles. The van der Waals surface area contributed by atoms with Gasteiger partial charge in [-0.15, -0.1) is 0 Å². The molecule has 3 amide bonds. The Hall–Kier alpha value is -2.34. The summed E-state index contributed by atoms with van der Waals surface area (Å²) in [7, 11) is 0. The van der Waals surface area contributed by atoms with Gasteiger partial charge in [0.15, 0.2) is 0 Å². The third-order valence-electron chi connectivity index (χ3n) is 5.27. The fourth-order valence-corrected chi connectivity index (χ4v) is 3.39. The number of aliphatic carboxylic acids is 2. The van der Waals surface area contributed by atoms with Gasteiger partial charge < -0.3 is 31.9 Å². The SMILES string of the molecule is CCC(C)C(NC(=O)C(N)CCSC)C(=O)NC(C(=O)NC(CCC(=O)O)C(=O)O)C(C)C. The highest BCUT2D eigenvalue weighted by molar-refractivity contribution is 7.98. The molecule has 190 valence electrons. The van der Waals surface area contributed by atoms with E-state index in [1.54, 1.807) is 32.5 Å². The standard InChI is InChI=1S/C21H38N4O7S/c1-6-12(4)17(25-18(28)13(22)9-10-33-5)20(30)24-16(11(2)3)19(29)23-14(21(31)32)7-8-15(26)27/h11-14,16-17H,6-10,22H2,1-5H3,(H,23,29)(H,24,30)(H,25,28)(H,26,27)(H,31,32). The van der Waals surface area contributed by atoms with Gasteiger partial charge in [-0.1, -0.05) is 34.1 Å². The minimum atomic E-state index is -1.41. The number of rotatable bonds is 16. The number of carbonyl (C=O) groups is 5. The Bertz CT molecular complexity index is 690. The van der Waals surface area contributed by atoms with Crippen LogP contribution in [0.3, 0.4) is 0 Å². The Morgan fingerprint density at radius 1 is 0.879 bits per heavy atom. The van der Waals surface area contributed by atoms with Crippen molar-refractivity contribution in [2.45, 2.75) is 77.5 Å². The summed E-state index contributed by atoms with van der Waals surface area (Å²) < 4.78 is 0. The van der Waals surface area contributed by atoms with E-state index >= 15 is 0 Å². The summed E-state index contributed by atoms with van der Waals surface area (Å²) in [5, 5.41) is 25.6. The van der Waals surface area contributed by atoms with Crippen molar-refractivity contribution in [3.8, 4) is 0 Å². The van der Waals surface area contributed by atoms with Crippen LogP contribution in [0.1, 0.15) is 53.4 Å². The molecule has 0 heterocycles. The molecule has 0 bridgehead atoms. The van der Waals surface area contributed by atoms with E-state index in [9.17, 15) is 29.1 Å². The number of hydrogen-bond acceptors (Lipinski definition) is 7. The molecule has 0 spiro atoms. The van der Waals surface area contributed by atoms with Gasteiger partial charge in [0, 0.05) is 6.42 Å². The van der Waals surface area contributed by atoms with E-state index in [2.05, 4.69) is 16.0 Å². The summed E-state index contributed by atoms with van der Waals surface area (Å²) in [6.45, 7) is 6.99. The summed E-state index contributed by atoms with van der Waals surface area (Å²) in [6, 6.07) is -4.20. The predicted octanol–water partition coefficient (Wildman–Crippen LogP) is 0.173. The maximum absolute atomic E-state index is 13.0. The van der Waals surface area contributed by atoms with Crippen molar-refractivity contribution in [1.29, 1.82) is 0 Å². The minimum Gasteiger partial charge on any atom is -0.481 e. The van der Waals surface area contributed by atoms with E-state index in [1.807, 2.05) is 13.2 Å². The van der Waals surface area contributed by atoms with E-state index in [0.717, 1.165) is 0 Å². The second-order valence-electron chi connectivity index (χ2n) is 8.32. The highest BCUT2D eigenvalue weighted by atomic mass is 32.2. The van der Waals surface area contributed by atoms with Crippen LogP contribution < -0.4 is 21.7 Å². The van der Waals surface area contributed by atoms with Crippen molar-refractivity contribution >= 4 is 41.4 Å². The molecular formula is C21H38N4O7S. The first-order valence-corrected chi connectivity index (χ1v) is 12.3. The number of carbonyl (C=O) groups excluding carboxylic acids is 3. The molecule has 0 aliphatic rings. The van der Waals surface area contributed by atoms with Crippen molar-refractivity contribution < 1.29 is 34.2 Å². The maximum atomic E-state index is 13.0. The van der Waals surface area contributed by atoms with Crippen molar-refractivity contribution in [3.63, 3.8) is 0 Å². The first kappa shape index (κ1) is 30.7. The Kier molecular flexibility index (Phi) is 14.4. The van der Waals surface area contributed by atoms with Crippen LogP contribution in [0.15, 0.2) is 0 Å². The van der Waals surface area contributed by atoms with Crippen LogP contribution in [0.25, 0.3) is 0 Å². The van der Waals surface area contributed by atoms with E-state index in [0.29, 0.717) is 18.6 Å². The maximum Gasteiger partial charge on any atom is 0.326 e. The fourth-order valence-electron chi connectivity index (χ4n) is 2.90. The van der Waals surface area contributed by atoms with Crippen molar-refractivity contribution in [2.75, 3.05) is 12.0 Å². The topological polar surface area (TPSA) is 188 Å². The Labute approximate surface area is 199 Å². The number of carboxylic acid groups (broad SMARTS) is 2. The average Bonchev–Trinajstić information content (AvgIpc) is 2.74. The Morgan fingerprint density at radius 3 is 1.88 bits per heavy atom. The van der Waals surface area contributed by atoms with E-state index < -0.39 is 66.2 Å². The second kappa shape index (κ2) is 15.5. The molecule has 0 aromatic carbocycles. The second-order valence-corrected chi connectivity index (χ2v) is 9.31. The zero-order chi connectivity index (χ0) is 25.7. The third kappa shape index (κ3) is 11.4. The van der Waals surface area contributed by atoms with Crippen LogP contribution in [0.2, 0.25) is 0 Å². The zero-order valence-corrected chi connectivity index (χ0v) is 20.7. The van der Waals surface area contributed by atoms with Gasteiger partial charge in [0.05, 0.1) is 6.04 Å². The van der Waals surface area contributed by atoms with Crippen molar-refractivity contribution in [1.82, 2.24) is 16.0 Å². The van der Waals surface area contributed by atoms with E-state index in [4.69, 9.17) is 10.8 Å². The number of thioether (sulfide) groups is 1. The van der Waals surface area contributed by atoms with Crippen LogP contribution in [0.4, 0.5) is 0 Å². The summed E-state index contributed by atoms with van der Waals surface area (Å²) in [4.78, 5) is 60.4. The molecule has 11 nitrogen and oxygen atoms in total. The molecule has 33 heavy (non-hydrogen) atoms. The first-order valence-electron chi connectivity index (χ1n) is 11.0. The smallest absolute Gasteiger partial charge is 0.326 e. The van der Waals surface area contributed by atoms with Crippen molar-refractivity contribution in [2.24, 2.45) is 17.6 Å². The van der Waals surface area contributed by atoms with Crippen LogP contribution in [0, 0.1) is 11.8 Å². The Morgan fingerprint density at radius 2 is 1.42 bits per heavy atom. The summed E-state index contributed by atoms with van der Waals surface area (Å²) in [5.41, 5.74) is 5.91. The molecule has 0 fully saturated rings. The number of amides is 3. The quantitative estimate of drug-likeness (QED) is 0.175. The third-order valence-corrected chi connectivity index (χ3v) is 5.92. The van der Waals surface area contributed by atoms with Gasteiger partial charge in [-0.2, -0.15) is 11.8 Å². The van der Waals surface area contributed by atoms with Crippen molar-refractivity contribution in [3.05, 3.63) is 0 Å². The minimum absolute atomic E-state index is 0.250. The van der Waals surface area contributed by atoms with Gasteiger partial charge in [0.2, 0.25) is 17.7 Å². The fraction of sp³-hybridized carbons (Fsp3) is 0.762. The molecule has 5 atom stereocenters. The normalized spacial score (nSPS) is 15.6. The largest absolute Gasteiger partial charge is 0.481 e. The highest BCUT2D eigenvalue weighted by Gasteiger charge is 2.33. The molecule has 12 heteroatoms. The molecule has 7 N–H and O–H groups in total. The van der Waals surface area contributed by atoms with Gasteiger partial charge in [-0.3, -0.25) is 19.2 Å². The van der Waals surface area contributed by atoms with Gasteiger partial charge in [-0.25, -0.2) is 4.79 Å². The molecule has 0 saturated carbocycles. The van der Waals surface area contributed by atoms with E-state index in [-0.39, 0.29) is 12.3 Å².